The van der Waals surface area contributed by atoms with Gasteiger partial charge in [-0.3, -0.25) is 9.78 Å². The molecule has 0 atom stereocenters. The molecular weight excluding hydrogens is 385 g/mol. The highest BCUT2D eigenvalue weighted by Crippen LogP contribution is 2.25. The molecule has 0 bridgehead atoms. The van der Waals surface area contributed by atoms with Crippen LogP contribution in [0.15, 0.2) is 60.9 Å². The van der Waals surface area contributed by atoms with Gasteiger partial charge in [0.1, 0.15) is 5.82 Å². The Morgan fingerprint density at radius 1 is 1.04 bits per heavy atom. The molecule has 0 aliphatic carbocycles. The van der Waals surface area contributed by atoms with Crippen LogP contribution in [-0.4, -0.2) is 24.0 Å². The summed E-state index contributed by atoms with van der Waals surface area (Å²) in [5.41, 5.74) is 1.79. The molecule has 0 spiro atoms. The third kappa shape index (κ3) is 4.63. The zero-order valence-corrected chi connectivity index (χ0v) is 15.5. The molecule has 0 radical (unpaired) electrons. The summed E-state index contributed by atoms with van der Waals surface area (Å²) in [6.45, 7) is 0. The maximum Gasteiger partial charge on any atom is 0.337 e. The van der Waals surface area contributed by atoms with E-state index in [4.69, 9.17) is 11.6 Å². The molecule has 2 N–H and O–H groups in total. The average molecular weight is 400 g/mol. The number of hydrogen-bond donors (Lipinski definition) is 2. The number of carbonyl (C=O) groups is 2. The summed E-state index contributed by atoms with van der Waals surface area (Å²) in [6, 6.07) is 11.9. The number of amides is 1. The minimum absolute atomic E-state index is 0.251. The number of aromatic nitrogens is 1. The second-order valence-electron chi connectivity index (χ2n) is 5.74. The lowest BCUT2D eigenvalue weighted by Crippen LogP contribution is -2.13. The fourth-order valence-corrected chi connectivity index (χ4v) is 2.59. The Labute approximate surface area is 165 Å². The van der Waals surface area contributed by atoms with Gasteiger partial charge in [-0.25, -0.2) is 9.18 Å². The van der Waals surface area contributed by atoms with E-state index < -0.39 is 11.9 Å². The first-order valence-electron chi connectivity index (χ1n) is 8.13. The number of halogens is 2. The van der Waals surface area contributed by atoms with E-state index in [1.807, 2.05) is 0 Å². The van der Waals surface area contributed by atoms with Crippen molar-refractivity contribution in [3.63, 3.8) is 0 Å². The van der Waals surface area contributed by atoms with E-state index in [9.17, 15) is 14.0 Å². The van der Waals surface area contributed by atoms with Gasteiger partial charge in [0, 0.05) is 11.9 Å². The van der Waals surface area contributed by atoms with Gasteiger partial charge in [0.25, 0.3) is 5.91 Å². The minimum Gasteiger partial charge on any atom is -0.465 e. The molecule has 1 amide bonds. The van der Waals surface area contributed by atoms with E-state index in [0.717, 1.165) is 0 Å². The van der Waals surface area contributed by atoms with Crippen LogP contribution >= 0.6 is 11.6 Å². The van der Waals surface area contributed by atoms with E-state index >= 15 is 0 Å². The normalized spacial score (nSPS) is 10.2. The number of nitrogens with zero attached hydrogens (tertiary/aromatic N) is 1. The molecule has 0 aliphatic rings. The Balaban J connectivity index is 1.79. The highest BCUT2D eigenvalue weighted by Gasteiger charge is 2.13. The van der Waals surface area contributed by atoms with E-state index in [0.29, 0.717) is 11.4 Å². The third-order valence-corrected chi connectivity index (χ3v) is 4.08. The first-order chi connectivity index (χ1) is 13.5. The summed E-state index contributed by atoms with van der Waals surface area (Å²) in [7, 11) is 1.26. The summed E-state index contributed by atoms with van der Waals surface area (Å²) < 4.78 is 18.0. The summed E-state index contributed by atoms with van der Waals surface area (Å²) in [5, 5.41) is 5.88. The molecule has 6 nitrogen and oxygen atoms in total. The standard InChI is InChI=1S/C20H15ClFN3O3/c1-28-20(27)12-5-6-17(21)18(8-12)25-19(26)13-7-16(11-23-10-13)24-15-4-2-3-14(22)9-15/h2-11,24H,1H3,(H,25,26). The molecule has 0 aliphatic heterocycles. The molecule has 2 aromatic carbocycles. The Hall–Kier alpha value is -3.45. The van der Waals surface area contributed by atoms with Crippen molar-refractivity contribution < 1.29 is 18.7 Å². The van der Waals surface area contributed by atoms with Gasteiger partial charge in [-0.15, -0.1) is 0 Å². The van der Waals surface area contributed by atoms with Crippen molar-refractivity contribution in [2.75, 3.05) is 17.7 Å². The van der Waals surface area contributed by atoms with Crippen molar-refractivity contribution in [3.8, 4) is 0 Å². The van der Waals surface area contributed by atoms with Crippen molar-refractivity contribution in [1.29, 1.82) is 0 Å². The molecule has 0 saturated heterocycles. The molecule has 1 heterocycles. The van der Waals surface area contributed by atoms with Gasteiger partial charge in [0.2, 0.25) is 0 Å². The number of pyridine rings is 1. The van der Waals surface area contributed by atoms with E-state index in [-0.39, 0.29) is 27.7 Å². The summed E-state index contributed by atoms with van der Waals surface area (Å²) in [5.74, 6) is -1.40. The predicted octanol–water partition coefficient (Wildman–Crippen LogP) is 4.66. The van der Waals surface area contributed by atoms with Crippen molar-refractivity contribution in [3.05, 3.63) is 82.9 Å². The Kier molecular flexibility index (Phi) is 5.86. The third-order valence-electron chi connectivity index (χ3n) is 3.75. The Morgan fingerprint density at radius 3 is 2.61 bits per heavy atom. The molecule has 28 heavy (non-hydrogen) atoms. The second kappa shape index (κ2) is 8.49. The van der Waals surface area contributed by atoms with Gasteiger partial charge in [-0.1, -0.05) is 17.7 Å². The quantitative estimate of drug-likeness (QED) is 0.610. The van der Waals surface area contributed by atoms with Crippen LogP contribution in [0.3, 0.4) is 0 Å². The van der Waals surface area contributed by atoms with Gasteiger partial charge in [-0.2, -0.15) is 0 Å². The molecule has 142 valence electrons. The highest BCUT2D eigenvalue weighted by atomic mass is 35.5. The minimum atomic E-state index is -0.546. The Bertz CT molecular complexity index is 1040. The highest BCUT2D eigenvalue weighted by molar-refractivity contribution is 6.34. The number of carbonyl (C=O) groups excluding carboxylic acids is 2. The van der Waals surface area contributed by atoms with Gasteiger partial charge in [0.05, 0.1) is 40.8 Å². The van der Waals surface area contributed by atoms with Crippen LogP contribution < -0.4 is 10.6 Å². The van der Waals surface area contributed by atoms with Crippen LogP contribution in [0.5, 0.6) is 0 Å². The monoisotopic (exact) mass is 399 g/mol. The van der Waals surface area contributed by atoms with Gasteiger partial charge in [0.15, 0.2) is 0 Å². The summed E-state index contributed by atoms with van der Waals surface area (Å²) in [6.07, 6.45) is 2.89. The number of rotatable bonds is 5. The van der Waals surface area contributed by atoms with Crippen LogP contribution in [0, 0.1) is 5.82 Å². The summed E-state index contributed by atoms with van der Waals surface area (Å²) >= 11 is 6.10. The van der Waals surface area contributed by atoms with Gasteiger partial charge >= 0.3 is 5.97 Å². The average Bonchev–Trinajstić information content (AvgIpc) is 2.69. The van der Waals surface area contributed by atoms with Crippen molar-refractivity contribution in [1.82, 2.24) is 4.98 Å². The fourth-order valence-electron chi connectivity index (χ4n) is 2.43. The lowest BCUT2D eigenvalue weighted by Gasteiger charge is -2.10. The van der Waals surface area contributed by atoms with Gasteiger partial charge in [-0.05, 0) is 42.5 Å². The van der Waals surface area contributed by atoms with Crippen LogP contribution in [0.4, 0.5) is 21.5 Å². The zero-order valence-electron chi connectivity index (χ0n) is 14.7. The first-order valence-corrected chi connectivity index (χ1v) is 8.51. The Morgan fingerprint density at radius 2 is 1.86 bits per heavy atom. The van der Waals surface area contributed by atoms with Gasteiger partial charge < -0.3 is 15.4 Å². The van der Waals surface area contributed by atoms with E-state index in [1.165, 1.54) is 49.8 Å². The van der Waals surface area contributed by atoms with E-state index in [1.54, 1.807) is 18.2 Å². The molecule has 3 aromatic rings. The molecule has 0 unspecified atom stereocenters. The fraction of sp³-hybridized carbons (Fsp3) is 0.0500. The molecule has 8 heteroatoms. The molecule has 0 fully saturated rings. The van der Waals surface area contributed by atoms with E-state index in [2.05, 4.69) is 20.4 Å². The largest absolute Gasteiger partial charge is 0.465 e. The number of methoxy groups -OCH3 is 1. The molecular formula is C20H15ClFN3O3. The van der Waals surface area contributed by atoms with Crippen molar-refractivity contribution in [2.24, 2.45) is 0 Å². The second-order valence-corrected chi connectivity index (χ2v) is 6.15. The number of nitrogens with one attached hydrogen (secondary N) is 2. The number of hydrogen-bond acceptors (Lipinski definition) is 5. The SMILES string of the molecule is COC(=O)c1ccc(Cl)c(NC(=O)c2cncc(Nc3cccc(F)c3)c2)c1. The number of benzene rings is 2. The number of ether oxygens (including phenoxy) is 1. The molecule has 0 saturated carbocycles. The predicted molar refractivity (Wildman–Crippen MR) is 105 cm³/mol. The summed E-state index contributed by atoms with van der Waals surface area (Å²) in [4.78, 5) is 28.2. The molecule has 3 rings (SSSR count). The van der Waals surface area contributed by atoms with Crippen LogP contribution in [0.1, 0.15) is 20.7 Å². The number of anilines is 3. The molecule has 1 aromatic heterocycles. The van der Waals surface area contributed by atoms with Crippen molar-refractivity contribution >= 4 is 40.5 Å². The zero-order chi connectivity index (χ0) is 20.1. The van der Waals surface area contributed by atoms with Crippen molar-refractivity contribution in [2.45, 2.75) is 0 Å². The number of esters is 1. The lowest BCUT2D eigenvalue weighted by atomic mass is 10.2. The maximum absolute atomic E-state index is 13.3. The van der Waals surface area contributed by atoms with Crippen LogP contribution in [-0.2, 0) is 4.74 Å². The smallest absolute Gasteiger partial charge is 0.337 e. The van der Waals surface area contributed by atoms with Crippen LogP contribution in [0.2, 0.25) is 5.02 Å². The maximum atomic E-state index is 13.3. The van der Waals surface area contributed by atoms with Crippen LogP contribution in [0.25, 0.3) is 0 Å². The lowest BCUT2D eigenvalue weighted by molar-refractivity contribution is 0.0600. The topological polar surface area (TPSA) is 80.3 Å². The first kappa shape index (κ1) is 19.3.